The third kappa shape index (κ3) is 6.24. The maximum atomic E-state index is 14.4. The molecule has 0 amide bonds. The normalized spacial score (nSPS) is 25.8. The highest BCUT2D eigenvalue weighted by atomic mass is 19.4. The maximum Gasteiger partial charge on any atom is 0.527 e. The summed E-state index contributed by atoms with van der Waals surface area (Å²) < 4.78 is 213. The van der Waals surface area contributed by atoms with Gasteiger partial charge in [0.2, 0.25) is 6.30 Å². The molecule has 4 unspecified atom stereocenters. The maximum absolute atomic E-state index is 14.4. The monoisotopic (exact) mass is 571 g/mol. The Morgan fingerprint density at radius 2 is 1.17 bits per heavy atom. The van der Waals surface area contributed by atoms with Crippen molar-refractivity contribution in [3.05, 3.63) is 0 Å². The average Bonchev–Trinajstić information content (AvgIpc) is 3.23. The zero-order valence-corrected chi connectivity index (χ0v) is 17.3. The Hall–Kier alpha value is -1.25. The number of alkyl halides is 15. The summed E-state index contributed by atoms with van der Waals surface area (Å²) in [5.74, 6) is -17.4. The van der Waals surface area contributed by atoms with Gasteiger partial charge in [-0.2, -0.15) is 43.9 Å². The predicted molar refractivity (Wildman–Crippen MR) is 83.0 cm³/mol. The first-order chi connectivity index (χ1) is 16.1. The molecule has 0 N–H and O–H groups in total. The number of nitrogens with zero attached hydrogens (tertiary/aromatic N) is 1. The van der Waals surface area contributed by atoms with Crippen LogP contribution in [0.25, 0.3) is 0 Å². The third-order valence-corrected chi connectivity index (χ3v) is 5.09. The summed E-state index contributed by atoms with van der Waals surface area (Å²) >= 11 is 0. The van der Waals surface area contributed by atoms with Gasteiger partial charge < -0.3 is 9.47 Å². The Morgan fingerprint density at radius 3 is 1.64 bits per heavy atom. The lowest BCUT2D eigenvalue weighted by atomic mass is 10.0. The fourth-order valence-electron chi connectivity index (χ4n) is 3.21. The topological polar surface area (TPSA) is 40.2 Å². The molecule has 4 atom stereocenters. The Balaban J connectivity index is 2.11. The van der Waals surface area contributed by atoms with Crippen molar-refractivity contribution in [3.63, 3.8) is 0 Å². The number of hydrogen-bond donors (Lipinski definition) is 0. The molecule has 0 radical (unpaired) electrons. The van der Waals surface area contributed by atoms with Gasteiger partial charge in [-0.15, -0.1) is 13.2 Å². The number of halogens is 15. The average molecular weight is 571 g/mol. The zero-order chi connectivity index (χ0) is 28.0. The largest absolute Gasteiger partial charge is 0.527 e. The molecule has 2 heterocycles. The van der Waals surface area contributed by atoms with Crippen LogP contribution < -0.4 is 0 Å². The van der Waals surface area contributed by atoms with E-state index < -0.39 is 74.1 Å². The molecule has 36 heavy (non-hydrogen) atoms. The quantitative estimate of drug-likeness (QED) is 0.270. The van der Waals surface area contributed by atoms with Crippen LogP contribution in [0.3, 0.4) is 0 Å². The minimum Gasteiger partial charge on any atom is -0.379 e. The number of hydrogen-bond acceptors (Lipinski definition) is 5. The van der Waals surface area contributed by atoms with Gasteiger partial charge in [-0.3, -0.25) is 9.64 Å². The lowest BCUT2D eigenvalue weighted by Crippen LogP contribution is -2.60. The van der Waals surface area contributed by atoms with E-state index in [1.807, 2.05) is 0 Å². The van der Waals surface area contributed by atoms with E-state index in [2.05, 4.69) is 9.47 Å². The highest BCUT2D eigenvalue weighted by Crippen LogP contribution is 2.51. The molecule has 0 bridgehead atoms. The van der Waals surface area contributed by atoms with Crippen molar-refractivity contribution in [3.8, 4) is 0 Å². The molecule has 0 aromatic rings. The van der Waals surface area contributed by atoms with Crippen molar-refractivity contribution >= 4 is 0 Å². The van der Waals surface area contributed by atoms with Crippen molar-refractivity contribution in [1.29, 1.82) is 0 Å². The van der Waals surface area contributed by atoms with Gasteiger partial charge in [0, 0.05) is 13.1 Å². The van der Waals surface area contributed by atoms with Crippen molar-refractivity contribution in [1.82, 2.24) is 4.90 Å². The molecular formula is C16H16F15NO4. The molecule has 2 aliphatic rings. The summed E-state index contributed by atoms with van der Waals surface area (Å²) in [7, 11) is 0. The Labute approximate surface area is 191 Å². The van der Waals surface area contributed by atoms with Gasteiger partial charge >= 0.3 is 36.3 Å². The summed E-state index contributed by atoms with van der Waals surface area (Å²) in [5.41, 5.74) is 0. The van der Waals surface area contributed by atoms with Gasteiger partial charge in [0.15, 0.2) is 0 Å². The van der Waals surface area contributed by atoms with Gasteiger partial charge in [-0.1, -0.05) is 0 Å². The Bertz CT molecular complexity index is 744. The van der Waals surface area contributed by atoms with E-state index in [-0.39, 0.29) is 26.3 Å². The number of rotatable bonds is 10. The molecule has 2 saturated heterocycles. The molecule has 0 spiro atoms. The van der Waals surface area contributed by atoms with Crippen LogP contribution in [0.2, 0.25) is 0 Å². The molecule has 214 valence electrons. The molecule has 2 aliphatic heterocycles. The minimum atomic E-state index is -7.36. The van der Waals surface area contributed by atoms with E-state index in [9.17, 15) is 65.9 Å². The predicted octanol–water partition coefficient (Wildman–Crippen LogP) is 5.10. The number of ether oxygens (including phenoxy) is 4. The van der Waals surface area contributed by atoms with E-state index in [1.165, 1.54) is 0 Å². The van der Waals surface area contributed by atoms with Crippen LogP contribution in [0.4, 0.5) is 65.9 Å². The van der Waals surface area contributed by atoms with Gasteiger partial charge in [0.25, 0.3) is 6.36 Å². The second-order valence-corrected chi connectivity index (χ2v) is 7.61. The van der Waals surface area contributed by atoms with E-state index in [4.69, 9.17) is 4.74 Å². The van der Waals surface area contributed by atoms with Crippen LogP contribution in [0.15, 0.2) is 0 Å². The standard InChI is InChI=1S/C16H16F15NO4/c17-9(32-3-5-33-6-4-32)11(19,20)7-1-2-8(34-7)12(21,22)10(18)35-14(25,26)13(23,24)15(27,28)36-16(29,30)31/h7-10H,1-6H2. The van der Waals surface area contributed by atoms with Crippen LogP contribution >= 0.6 is 0 Å². The first-order valence-corrected chi connectivity index (χ1v) is 9.65. The Morgan fingerprint density at radius 1 is 0.694 bits per heavy atom. The summed E-state index contributed by atoms with van der Waals surface area (Å²) in [4.78, 5) is 0.561. The summed E-state index contributed by atoms with van der Waals surface area (Å²) in [6.45, 7) is -0.990. The van der Waals surface area contributed by atoms with Crippen LogP contribution in [-0.4, -0.2) is 92.4 Å². The molecule has 0 aromatic heterocycles. The third-order valence-electron chi connectivity index (χ3n) is 5.09. The van der Waals surface area contributed by atoms with Crippen LogP contribution in [0, 0.1) is 0 Å². The van der Waals surface area contributed by atoms with Gasteiger partial charge in [-0.05, 0) is 12.8 Å². The van der Waals surface area contributed by atoms with Gasteiger partial charge in [0.1, 0.15) is 12.2 Å². The molecule has 2 fully saturated rings. The summed E-state index contributed by atoms with van der Waals surface area (Å²) in [6.07, 6.45) is -37.1. The lowest BCUT2D eigenvalue weighted by Gasteiger charge is -2.36. The van der Waals surface area contributed by atoms with Gasteiger partial charge in [0.05, 0.1) is 13.2 Å². The molecule has 0 aliphatic carbocycles. The first kappa shape index (κ1) is 31.0. The fraction of sp³-hybridized carbons (Fsp3) is 1.00. The lowest BCUT2D eigenvalue weighted by molar-refractivity contribution is -0.516. The van der Waals surface area contributed by atoms with E-state index in [0.29, 0.717) is 4.90 Å². The number of morpholine rings is 1. The molecule has 5 nitrogen and oxygen atoms in total. The molecular weight excluding hydrogens is 555 g/mol. The zero-order valence-electron chi connectivity index (χ0n) is 17.3. The van der Waals surface area contributed by atoms with Crippen LogP contribution in [0.1, 0.15) is 12.8 Å². The van der Waals surface area contributed by atoms with Crippen molar-refractivity contribution < 1.29 is 84.8 Å². The van der Waals surface area contributed by atoms with Crippen LogP contribution in [-0.2, 0) is 18.9 Å². The van der Waals surface area contributed by atoms with Crippen molar-refractivity contribution in [2.45, 2.75) is 74.1 Å². The molecule has 20 heteroatoms. The second kappa shape index (κ2) is 10.1. The minimum absolute atomic E-state index is 0.157. The molecule has 0 saturated carbocycles. The van der Waals surface area contributed by atoms with Crippen LogP contribution in [0.5, 0.6) is 0 Å². The van der Waals surface area contributed by atoms with E-state index >= 15 is 0 Å². The highest BCUT2D eigenvalue weighted by molar-refractivity contribution is 4.96. The first-order valence-electron chi connectivity index (χ1n) is 9.65. The molecule has 0 aromatic carbocycles. The van der Waals surface area contributed by atoms with Gasteiger partial charge in [-0.25, -0.2) is 13.5 Å². The Kier molecular flexibility index (Phi) is 8.72. The fourth-order valence-corrected chi connectivity index (χ4v) is 3.21. The highest BCUT2D eigenvalue weighted by Gasteiger charge is 2.78. The molecule has 2 rings (SSSR count). The van der Waals surface area contributed by atoms with Crippen molar-refractivity contribution in [2.24, 2.45) is 0 Å². The second-order valence-electron chi connectivity index (χ2n) is 7.61. The van der Waals surface area contributed by atoms with E-state index in [1.54, 1.807) is 4.74 Å². The summed E-state index contributed by atoms with van der Waals surface area (Å²) in [6, 6.07) is 0. The SMILES string of the molecule is FC(OC(F)(F)C(F)(F)C(F)(F)OC(F)(F)F)C(F)(F)C1CCC(C(F)(F)C(F)N2CCOCC2)O1. The smallest absolute Gasteiger partial charge is 0.379 e. The van der Waals surface area contributed by atoms with Crippen molar-refractivity contribution in [2.75, 3.05) is 26.3 Å². The summed E-state index contributed by atoms with van der Waals surface area (Å²) in [5, 5.41) is 0. The van der Waals surface area contributed by atoms with E-state index in [0.717, 1.165) is 0 Å².